The molecule has 1 saturated heterocycles. The van der Waals surface area contributed by atoms with Gasteiger partial charge in [-0.05, 0) is 86.4 Å². The Morgan fingerprint density at radius 2 is 1.92 bits per heavy atom. The van der Waals surface area contributed by atoms with Crippen LogP contribution >= 0.6 is 0 Å². The third-order valence-electron chi connectivity index (χ3n) is 9.38. The van der Waals surface area contributed by atoms with Crippen molar-refractivity contribution in [3.05, 3.63) is 118 Å². The molecule has 2 aliphatic heterocycles. The lowest BCUT2D eigenvalue weighted by Gasteiger charge is -2.25. The van der Waals surface area contributed by atoms with Gasteiger partial charge in [-0.3, -0.25) is 14.8 Å². The summed E-state index contributed by atoms with van der Waals surface area (Å²) in [5.41, 5.74) is 8.42. The first-order valence-corrected chi connectivity index (χ1v) is 17.3. The molecule has 0 spiro atoms. The number of aryl methyl sites for hydroxylation is 3. The minimum Gasteiger partial charge on any atom is -0.473 e. The number of hydrogen-bond acceptors (Lipinski definition) is 8. The van der Waals surface area contributed by atoms with Gasteiger partial charge in [-0.25, -0.2) is 14.4 Å². The third-order valence-corrected chi connectivity index (χ3v) is 9.38. The van der Waals surface area contributed by atoms with E-state index in [2.05, 4.69) is 36.0 Å². The van der Waals surface area contributed by atoms with Crippen molar-refractivity contribution >= 4 is 39.1 Å². The van der Waals surface area contributed by atoms with Crippen LogP contribution in [-0.4, -0.2) is 61.8 Å². The molecule has 1 fully saturated rings. The summed E-state index contributed by atoms with van der Waals surface area (Å²) in [7, 11) is 2.01. The van der Waals surface area contributed by atoms with Gasteiger partial charge in [0, 0.05) is 67.3 Å². The molecule has 2 aliphatic rings. The van der Waals surface area contributed by atoms with E-state index in [0.717, 1.165) is 83.0 Å². The van der Waals surface area contributed by atoms with Gasteiger partial charge in [0.05, 0.1) is 40.4 Å². The average molecular weight is 699 g/mol. The van der Waals surface area contributed by atoms with Gasteiger partial charge in [-0.15, -0.1) is 0 Å². The van der Waals surface area contributed by atoms with Crippen LogP contribution in [0.2, 0.25) is 0 Å². The monoisotopic (exact) mass is 698 g/mol. The molecule has 12 heteroatoms. The molecule has 52 heavy (non-hydrogen) atoms. The average Bonchev–Trinajstić information content (AvgIpc) is 3.65. The van der Waals surface area contributed by atoms with Crippen LogP contribution < -0.4 is 10.1 Å². The summed E-state index contributed by atoms with van der Waals surface area (Å²) < 4.78 is 26.9. The largest absolute Gasteiger partial charge is 0.473 e. The van der Waals surface area contributed by atoms with Crippen LogP contribution in [0.1, 0.15) is 57.1 Å². The fraction of sp³-hybridized carbons (Fsp3) is 0.275. The van der Waals surface area contributed by atoms with Crippen LogP contribution in [0.3, 0.4) is 0 Å². The Bertz CT molecular complexity index is 2350. The van der Waals surface area contributed by atoms with Crippen molar-refractivity contribution in [2.45, 2.75) is 39.8 Å². The highest BCUT2D eigenvalue weighted by Crippen LogP contribution is 2.27. The number of aromatic nitrogens is 5. The molecule has 0 radical (unpaired) electrons. The number of imidazole rings is 1. The second-order valence-electron chi connectivity index (χ2n) is 13.0. The van der Waals surface area contributed by atoms with Gasteiger partial charge in [0.25, 0.3) is 5.91 Å². The summed E-state index contributed by atoms with van der Waals surface area (Å²) >= 11 is 0. The van der Waals surface area contributed by atoms with Gasteiger partial charge in [0.1, 0.15) is 18.2 Å². The SMILES string of the molecule is C1COC1.Cc1[nH]nc2c(C)cc(C(=O)Nc3ccc4c(c3)nc(CN3CC=C(c5cccc(OCc6ccc(C#N)cc6F)n5)CC3)n4C)cc12. The first-order valence-electron chi connectivity index (χ1n) is 17.3. The number of carbonyl (C=O) groups excluding carboxylic acids is 1. The Labute approximate surface area is 300 Å². The first kappa shape index (κ1) is 34.5. The van der Waals surface area contributed by atoms with Gasteiger partial charge in [-0.1, -0.05) is 18.2 Å². The Hall–Kier alpha value is -5.90. The minimum absolute atomic E-state index is 0.0222. The number of pyridine rings is 1. The number of nitrogens with zero attached hydrogens (tertiary/aromatic N) is 6. The number of ether oxygens (including phenoxy) is 2. The number of anilines is 1. The summed E-state index contributed by atoms with van der Waals surface area (Å²) in [6.07, 6.45) is 4.26. The Morgan fingerprint density at radius 1 is 1.10 bits per heavy atom. The molecule has 3 aromatic carbocycles. The molecule has 0 atom stereocenters. The number of fused-ring (bicyclic) bond motifs is 2. The molecule has 2 N–H and O–H groups in total. The standard InChI is InChI=1S/C37H33FN8O2.C3H6O/c1-22-15-27(17-29-23(2)43-44-36(22)29)37(47)40-28-9-10-33-32(18-28)41-34(45(33)3)20-46-13-11-25(12-14-46)31-5-4-6-35(42-31)48-21-26-8-7-24(19-39)16-30(26)38;1-2-4-3-1/h4-11,15-18H,12-14,20-21H2,1-3H3,(H,40,47)(H,43,44);1-3H2. The molecular formula is C40H39FN8O3. The maximum Gasteiger partial charge on any atom is 0.255 e. The van der Waals surface area contributed by atoms with E-state index < -0.39 is 5.82 Å². The molecule has 0 bridgehead atoms. The molecule has 3 aromatic heterocycles. The maximum absolute atomic E-state index is 14.3. The highest BCUT2D eigenvalue weighted by molar-refractivity contribution is 6.07. The van der Waals surface area contributed by atoms with Crippen molar-refractivity contribution < 1.29 is 18.7 Å². The fourth-order valence-corrected chi connectivity index (χ4v) is 6.21. The lowest BCUT2D eigenvalue weighted by Crippen LogP contribution is -2.29. The first-order chi connectivity index (χ1) is 25.2. The minimum atomic E-state index is -0.474. The summed E-state index contributed by atoms with van der Waals surface area (Å²) in [6.45, 7) is 8.17. The van der Waals surface area contributed by atoms with E-state index in [1.165, 1.54) is 12.5 Å². The van der Waals surface area contributed by atoms with Crippen LogP contribution in [0.15, 0.2) is 72.8 Å². The van der Waals surface area contributed by atoms with Crippen molar-refractivity contribution in [2.24, 2.45) is 7.05 Å². The molecule has 6 aromatic rings. The highest BCUT2D eigenvalue weighted by Gasteiger charge is 2.19. The van der Waals surface area contributed by atoms with Gasteiger partial charge in [0.2, 0.25) is 5.88 Å². The van der Waals surface area contributed by atoms with E-state index >= 15 is 0 Å². The smallest absolute Gasteiger partial charge is 0.255 e. The lowest BCUT2D eigenvalue weighted by atomic mass is 10.0. The lowest BCUT2D eigenvalue weighted by molar-refractivity contribution is 0.0367. The summed E-state index contributed by atoms with van der Waals surface area (Å²) in [5, 5.41) is 20.3. The number of amides is 1. The zero-order valence-electron chi connectivity index (χ0n) is 29.4. The van der Waals surface area contributed by atoms with E-state index in [-0.39, 0.29) is 18.1 Å². The molecule has 11 nitrogen and oxygen atoms in total. The topological polar surface area (TPSA) is 134 Å². The Balaban J connectivity index is 0.000000985. The quantitative estimate of drug-likeness (QED) is 0.174. The molecule has 264 valence electrons. The molecule has 0 saturated carbocycles. The number of hydrogen-bond donors (Lipinski definition) is 2. The molecule has 5 heterocycles. The van der Waals surface area contributed by atoms with Crippen LogP contribution in [0.5, 0.6) is 5.88 Å². The second-order valence-corrected chi connectivity index (χ2v) is 13.0. The zero-order valence-corrected chi connectivity index (χ0v) is 29.4. The summed E-state index contributed by atoms with van der Waals surface area (Å²) in [4.78, 5) is 25.1. The number of nitriles is 1. The van der Waals surface area contributed by atoms with Crippen molar-refractivity contribution in [3.8, 4) is 11.9 Å². The fourth-order valence-electron chi connectivity index (χ4n) is 6.21. The molecule has 8 rings (SSSR count). The predicted octanol–water partition coefficient (Wildman–Crippen LogP) is 7.00. The number of halogens is 1. The Kier molecular flexibility index (Phi) is 10.1. The molecule has 0 unspecified atom stereocenters. The maximum atomic E-state index is 14.3. The van der Waals surface area contributed by atoms with Crippen LogP contribution in [-0.2, 0) is 24.9 Å². The molecular weight excluding hydrogens is 659 g/mol. The summed E-state index contributed by atoms with van der Waals surface area (Å²) in [5.74, 6) is 0.696. The van der Waals surface area contributed by atoms with Crippen LogP contribution in [0, 0.1) is 31.0 Å². The molecule has 1 amide bonds. The van der Waals surface area contributed by atoms with E-state index in [4.69, 9.17) is 19.7 Å². The number of carbonyl (C=O) groups is 1. The number of nitrogens with one attached hydrogen (secondary N) is 2. The van der Waals surface area contributed by atoms with E-state index in [9.17, 15) is 9.18 Å². The molecule has 0 aliphatic carbocycles. The Morgan fingerprint density at radius 3 is 2.65 bits per heavy atom. The van der Waals surface area contributed by atoms with Gasteiger partial charge in [-0.2, -0.15) is 10.4 Å². The number of aromatic amines is 1. The van der Waals surface area contributed by atoms with Crippen LogP contribution in [0.25, 0.3) is 27.5 Å². The summed E-state index contributed by atoms with van der Waals surface area (Å²) in [6, 6.07) is 21.4. The van der Waals surface area contributed by atoms with Crippen LogP contribution in [0.4, 0.5) is 10.1 Å². The van der Waals surface area contributed by atoms with Crippen molar-refractivity contribution in [1.29, 1.82) is 5.26 Å². The normalized spacial score (nSPS) is 14.2. The van der Waals surface area contributed by atoms with E-state index in [1.54, 1.807) is 18.2 Å². The second kappa shape index (κ2) is 15.1. The van der Waals surface area contributed by atoms with Gasteiger partial charge < -0.3 is 19.4 Å². The zero-order chi connectivity index (χ0) is 36.2. The van der Waals surface area contributed by atoms with Gasteiger partial charge >= 0.3 is 0 Å². The van der Waals surface area contributed by atoms with Crippen molar-refractivity contribution in [1.82, 2.24) is 29.6 Å². The van der Waals surface area contributed by atoms with E-state index in [1.807, 2.05) is 69.4 Å². The highest BCUT2D eigenvalue weighted by atomic mass is 19.1. The number of rotatable bonds is 8. The number of H-pyrrole nitrogens is 1. The number of benzene rings is 3. The van der Waals surface area contributed by atoms with Gasteiger partial charge in [0.15, 0.2) is 0 Å². The third kappa shape index (κ3) is 7.56. The van der Waals surface area contributed by atoms with Crippen molar-refractivity contribution in [3.63, 3.8) is 0 Å². The van der Waals surface area contributed by atoms with E-state index in [0.29, 0.717) is 29.2 Å². The predicted molar refractivity (Wildman–Crippen MR) is 197 cm³/mol. The van der Waals surface area contributed by atoms with Crippen molar-refractivity contribution in [2.75, 3.05) is 31.6 Å².